The Morgan fingerprint density at radius 1 is 0.933 bits per heavy atom. The van der Waals surface area contributed by atoms with Crippen LogP contribution in [0, 0.1) is 0 Å². The predicted molar refractivity (Wildman–Crippen MR) is 65.0 cm³/mol. The minimum absolute atomic E-state index is 1.20. The smallest absolute Gasteiger partial charge is 0.187 e. The highest BCUT2D eigenvalue weighted by atomic mass is 32.1. The average Bonchev–Trinajstić information content (AvgIpc) is 2.66. The molecule has 2 aliphatic rings. The molecule has 4 heteroatoms. The van der Waals surface area contributed by atoms with Crippen LogP contribution in [-0.2, 0) is 0 Å². The molecule has 2 aliphatic heterocycles. The zero-order chi connectivity index (χ0) is 10.1. The van der Waals surface area contributed by atoms with Gasteiger partial charge in [-0.3, -0.25) is 0 Å². The van der Waals surface area contributed by atoms with E-state index in [1.165, 1.54) is 62.0 Å². The summed E-state index contributed by atoms with van der Waals surface area (Å²) in [6.45, 7) is 4.85. The molecule has 0 spiro atoms. The molecule has 0 aliphatic carbocycles. The number of thiazole rings is 1. The molecule has 3 rings (SSSR count). The first-order chi connectivity index (χ1) is 7.43. The third-order valence-corrected chi connectivity index (χ3v) is 4.39. The number of piperidine rings is 1. The van der Waals surface area contributed by atoms with Gasteiger partial charge >= 0.3 is 0 Å². The largest absolute Gasteiger partial charge is 0.362 e. The SMILES string of the molecule is c1nc(N2CCCCC2)sc1N1CCC1. The lowest BCUT2D eigenvalue weighted by Crippen LogP contribution is -2.36. The van der Waals surface area contributed by atoms with Gasteiger partial charge in [0.15, 0.2) is 5.13 Å². The molecule has 1 aromatic heterocycles. The van der Waals surface area contributed by atoms with Gasteiger partial charge in [-0.2, -0.15) is 0 Å². The number of rotatable bonds is 2. The average molecular weight is 223 g/mol. The van der Waals surface area contributed by atoms with Crippen LogP contribution in [-0.4, -0.2) is 31.2 Å². The van der Waals surface area contributed by atoms with E-state index < -0.39 is 0 Å². The van der Waals surface area contributed by atoms with Crippen LogP contribution in [0.3, 0.4) is 0 Å². The number of hydrogen-bond acceptors (Lipinski definition) is 4. The van der Waals surface area contributed by atoms with Crippen LogP contribution >= 0.6 is 11.3 Å². The fraction of sp³-hybridized carbons (Fsp3) is 0.727. The zero-order valence-electron chi connectivity index (χ0n) is 8.98. The number of hydrogen-bond donors (Lipinski definition) is 0. The van der Waals surface area contributed by atoms with Gasteiger partial charge < -0.3 is 9.80 Å². The maximum Gasteiger partial charge on any atom is 0.187 e. The van der Waals surface area contributed by atoms with Gasteiger partial charge in [0.25, 0.3) is 0 Å². The van der Waals surface area contributed by atoms with Gasteiger partial charge in [0.1, 0.15) is 5.00 Å². The summed E-state index contributed by atoms with van der Waals surface area (Å²) in [5.74, 6) is 0. The highest BCUT2D eigenvalue weighted by Crippen LogP contribution is 2.33. The second-order valence-electron chi connectivity index (χ2n) is 4.37. The highest BCUT2D eigenvalue weighted by Gasteiger charge is 2.19. The van der Waals surface area contributed by atoms with Crippen molar-refractivity contribution in [2.75, 3.05) is 36.0 Å². The van der Waals surface area contributed by atoms with Gasteiger partial charge in [0.2, 0.25) is 0 Å². The Hall–Kier alpha value is -0.770. The maximum atomic E-state index is 4.55. The Morgan fingerprint density at radius 3 is 2.33 bits per heavy atom. The Morgan fingerprint density at radius 2 is 1.67 bits per heavy atom. The van der Waals surface area contributed by atoms with Crippen LogP contribution < -0.4 is 9.80 Å². The molecule has 1 aromatic rings. The normalized spacial score (nSPS) is 21.6. The van der Waals surface area contributed by atoms with Crippen LogP contribution in [0.25, 0.3) is 0 Å². The quantitative estimate of drug-likeness (QED) is 0.767. The van der Waals surface area contributed by atoms with E-state index in [9.17, 15) is 0 Å². The summed E-state index contributed by atoms with van der Waals surface area (Å²) in [6.07, 6.45) is 7.45. The number of nitrogens with zero attached hydrogens (tertiary/aromatic N) is 3. The molecular formula is C11H17N3S. The summed E-state index contributed by atoms with van der Waals surface area (Å²) < 4.78 is 0. The van der Waals surface area contributed by atoms with Crippen LogP contribution in [0.15, 0.2) is 6.20 Å². The Bertz CT molecular complexity index is 326. The van der Waals surface area contributed by atoms with Crippen molar-refractivity contribution in [3.63, 3.8) is 0 Å². The van der Waals surface area contributed by atoms with Crippen molar-refractivity contribution in [1.82, 2.24) is 4.98 Å². The molecule has 2 saturated heterocycles. The van der Waals surface area contributed by atoms with Crippen LogP contribution in [0.4, 0.5) is 10.1 Å². The van der Waals surface area contributed by atoms with Crippen LogP contribution in [0.1, 0.15) is 25.7 Å². The molecule has 0 unspecified atom stereocenters. The first kappa shape index (κ1) is 9.46. The molecule has 0 N–H and O–H groups in total. The van der Waals surface area contributed by atoms with E-state index in [1.807, 2.05) is 17.5 Å². The molecule has 0 radical (unpaired) electrons. The first-order valence-electron chi connectivity index (χ1n) is 5.89. The van der Waals surface area contributed by atoms with E-state index in [0.29, 0.717) is 0 Å². The predicted octanol–water partition coefficient (Wildman–Crippen LogP) is 2.34. The summed E-state index contributed by atoms with van der Waals surface area (Å²) in [5, 5.41) is 2.60. The molecular weight excluding hydrogens is 206 g/mol. The third-order valence-electron chi connectivity index (χ3n) is 3.28. The molecule has 3 nitrogen and oxygen atoms in total. The zero-order valence-corrected chi connectivity index (χ0v) is 9.80. The minimum Gasteiger partial charge on any atom is -0.362 e. The lowest BCUT2D eigenvalue weighted by Gasteiger charge is -2.31. The third kappa shape index (κ3) is 1.83. The molecule has 2 fully saturated rings. The first-order valence-corrected chi connectivity index (χ1v) is 6.71. The van der Waals surface area contributed by atoms with Gasteiger partial charge in [0, 0.05) is 26.2 Å². The molecule has 82 valence electrons. The maximum absolute atomic E-state index is 4.55. The molecule has 3 heterocycles. The lowest BCUT2D eigenvalue weighted by atomic mass is 10.1. The summed E-state index contributed by atoms with van der Waals surface area (Å²) in [7, 11) is 0. The topological polar surface area (TPSA) is 19.4 Å². The molecule has 0 amide bonds. The molecule has 0 bridgehead atoms. The molecule has 0 aromatic carbocycles. The Balaban J connectivity index is 1.71. The minimum atomic E-state index is 1.20. The van der Waals surface area contributed by atoms with Crippen molar-refractivity contribution in [2.24, 2.45) is 0 Å². The van der Waals surface area contributed by atoms with Gasteiger partial charge in [-0.05, 0) is 25.7 Å². The van der Waals surface area contributed by atoms with E-state index in [0.717, 1.165) is 0 Å². The van der Waals surface area contributed by atoms with Crippen molar-refractivity contribution in [3.05, 3.63) is 6.20 Å². The summed E-state index contributed by atoms with van der Waals surface area (Å²) in [4.78, 5) is 9.41. The Labute approximate surface area is 94.7 Å². The van der Waals surface area contributed by atoms with E-state index in [1.54, 1.807) is 0 Å². The summed E-state index contributed by atoms with van der Waals surface area (Å²) in [5.41, 5.74) is 0. The van der Waals surface area contributed by atoms with Gasteiger partial charge in [-0.1, -0.05) is 11.3 Å². The van der Waals surface area contributed by atoms with E-state index in [4.69, 9.17) is 0 Å². The second-order valence-corrected chi connectivity index (χ2v) is 5.36. The monoisotopic (exact) mass is 223 g/mol. The fourth-order valence-corrected chi connectivity index (χ4v) is 3.19. The second kappa shape index (κ2) is 4.00. The van der Waals surface area contributed by atoms with Crippen LogP contribution in [0.5, 0.6) is 0 Å². The molecule has 0 saturated carbocycles. The van der Waals surface area contributed by atoms with Crippen molar-refractivity contribution >= 4 is 21.5 Å². The van der Waals surface area contributed by atoms with Gasteiger partial charge in [0.05, 0.1) is 6.20 Å². The van der Waals surface area contributed by atoms with Crippen molar-refractivity contribution < 1.29 is 0 Å². The van der Waals surface area contributed by atoms with E-state index in [-0.39, 0.29) is 0 Å². The lowest BCUT2D eigenvalue weighted by molar-refractivity contribution is 0.577. The molecule has 0 atom stereocenters. The van der Waals surface area contributed by atoms with E-state index >= 15 is 0 Å². The number of anilines is 2. The Kier molecular flexibility index (Phi) is 2.52. The highest BCUT2D eigenvalue weighted by molar-refractivity contribution is 7.19. The van der Waals surface area contributed by atoms with Gasteiger partial charge in [-0.15, -0.1) is 0 Å². The van der Waals surface area contributed by atoms with Crippen molar-refractivity contribution in [2.45, 2.75) is 25.7 Å². The van der Waals surface area contributed by atoms with Crippen LogP contribution in [0.2, 0.25) is 0 Å². The summed E-state index contributed by atoms with van der Waals surface area (Å²) >= 11 is 1.86. The van der Waals surface area contributed by atoms with Gasteiger partial charge in [-0.25, -0.2) is 4.98 Å². The van der Waals surface area contributed by atoms with E-state index in [2.05, 4.69) is 14.8 Å². The molecule has 15 heavy (non-hydrogen) atoms. The summed E-state index contributed by atoms with van der Waals surface area (Å²) in [6, 6.07) is 0. The van der Waals surface area contributed by atoms with Crippen molar-refractivity contribution in [3.8, 4) is 0 Å². The standard InChI is InChI=1S/C11H17N3S/c1-2-5-14(6-3-1)11-12-9-10(15-11)13-7-4-8-13/h9H,1-8H2. The van der Waals surface area contributed by atoms with Crippen molar-refractivity contribution in [1.29, 1.82) is 0 Å². The number of aromatic nitrogens is 1. The fourth-order valence-electron chi connectivity index (χ4n) is 2.17.